The first-order valence-electron chi connectivity index (χ1n) is 6.05. The molecule has 0 spiro atoms. The van der Waals surface area contributed by atoms with Gasteiger partial charge in [0, 0.05) is 13.1 Å². The zero-order chi connectivity index (χ0) is 12.8. The van der Waals surface area contributed by atoms with Crippen LogP contribution in [0.2, 0.25) is 0 Å². The second-order valence-electron chi connectivity index (χ2n) is 4.53. The zero-order valence-corrected chi connectivity index (χ0v) is 12.2. The van der Waals surface area contributed by atoms with E-state index in [0.29, 0.717) is 16.9 Å². The van der Waals surface area contributed by atoms with Gasteiger partial charge in [-0.1, -0.05) is 27.2 Å². The average Bonchev–Trinajstić information content (AvgIpc) is 2.29. The van der Waals surface area contributed by atoms with Crippen LogP contribution >= 0.6 is 15.9 Å². The first kappa shape index (κ1) is 14.2. The predicted molar refractivity (Wildman–Crippen MR) is 74.4 cm³/mol. The SMILES string of the molecule is CCCCn1ncc(NCC(C)C)c(Br)c1=O. The van der Waals surface area contributed by atoms with Gasteiger partial charge in [0.1, 0.15) is 4.47 Å². The third kappa shape index (κ3) is 4.15. The molecule has 0 aromatic carbocycles. The number of unbranched alkanes of at least 4 members (excludes halogenated alkanes) is 1. The topological polar surface area (TPSA) is 46.9 Å². The van der Waals surface area contributed by atoms with E-state index in [2.05, 4.69) is 47.1 Å². The molecule has 0 fully saturated rings. The maximum Gasteiger partial charge on any atom is 0.283 e. The molecule has 0 aliphatic heterocycles. The molecule has 5 heteroatoms. The lowest BCUT2D eigenvalue weighted by Crippen LogP contribution is -2.25. The molecule has 0 aliphatic carbocycles. The Bertz CT molecular complexity index is 415. The summed E-state index contributed by atoms with van der Waals surface area (Å²) in [5.74, 6) is 0.532. The molecular formula is C12H20BrN3O. The van der Waals surface area contributed by atoms with Crippen LogP contribution in [0.5, 0.6) is 0 Å². The van der Waals surface area contributed by atoms with Crippen molar-refractivity contribution in [2.75, 3.05) is 11.9 Å². The van der Waals surface area contributed by atoms with Crippen molar-refractivity contribution < 1.29 is 0 Å². The lowest BCUT2D eigenvalue weighted by molar-refractivity contribution is 0.541. The van der Waals surface area contributed by atoms with E-state index in [4.69, 9.17) is 0 Å². The Hall–Kier alpha value is -0.840. The molecule has 1 aromatic rings. The lowest BCUT2D eigenvalue weighted by Gasteiger charge is -2.11. The molecule has 0 saturated carbocycles. The van der Waals surface area contributed by atoms with Crippen molar-refractivity contribution in [1.29, 1.82) is 0 Å². The Balaban J connectivity index is 2.83. The van der Waals surface area contributed by atoms with Crippen LogP contribution in [-0.4, -0.2) is 16.3 Å². The Morgan fingerprint density at radius 1 is 1.53 bits per heavy atom. The van der Waals surface area contributed by atoms with Crippen LogP contribution in [0, 0.1) is 5.92 Å². The number of hydrogen-bond donors (Lipinski definition) is 1. The lowest BCUT2D eigenvalue weighted by atomic mass is 10.2. The predicted octanol–water partition coefficient (Wildman–Crippen LogP) is 2.87. The number of nitrogens with one attached hydrogen (secondary N) is 1. The van der Waals surface area contributed by atoms with Crippen LogP contribution in [-0.2, 0) is 6.54 Å². The molecule has 0 unspecified atom stereocenters. The molecule has 1 aromatic heterocycles. The van der Waals surface area contributed by atoms with E-state index in [-0.39, 0.29) is 5.56 Å². The molecule has 0 radical (unpaired) electrons. The maximum absolute atomic E-state index is 12.0. The first-order chi connectivity index (χ1) is 8.06. The molecule has 0 atom stereocenters. The van der Waals surface area contributed by atoms with Gasteiger partial charge in [-0.25, -0.2) is 4.68 Å². The highest BCUT2D eigenvalue weighted by molar-refractivity contribution is 9.10. The molecule has 4 nitrogen and oxygen atoms in total. The van der Waals surface area contributed by atoms with Crippen LogP contribution in [0.25, 0.3) is 0 Å². The summed E-state index contributed by atoms with van der Waals surface area (Å²) in [7, 11) is 0. The number of nitrogens with zero attached hydrogens (tertiary/aromatic N) is 2. The highest BCUT2D eigenvalue weighted by atomic mass is 79.9. The number of aromatic nitrogens is 2. The fraction of sp³-hybridized carbons (Fsp3) is 0.667. The Morgan fingerprint density at radius 2 is 2.24 bits per heavy atom. The summed E-state index contributed by atoms with van der Waals surface area (Å²) in [5.41, 5.74) is 0.712. The minimum atomic E-state index is -0.0628. The van der Waals surface area contributed by atoms with Crippen molar-refractivity contribution in [3.05, 3.63) is 21.0 Å². The van der Waals surface area contributed by atoms with Crippen molar-refractivity contribution in [3.63, 3.8) is 0 Å². The molecule has 96 valence electrons. The van der Waals surface area contributed by atoms with Gasteiger partial charge in [0.15, 0.2) is 0 Å². The Labute approximate surface area is 111 Å². The minimum absolute atomic E-state index is 0.0628. The van der Waals surface area contributed by atoms with Crippen molar-refractivity contribution in [2.24, 2.45) is 5.92 Å². The van der Waals surface area contributed by atoms with Gasteiger partial charge >= 0.3 is 0 Å². The highest BCUT2D eigenvalue weighted by Gasteiger charge is 2.08. The largest absolute Gasteiger partial charge is 0.382 e. The number of anilines is 1. The zero-order valence-electron chi connectivity index (χ0n) is 10.7. The van der Waals surface area contributed by atoms with E-state index in [1.807, 2.05) is 0 Å². The molecule has 1 heterocycles. The molecular weight excluding hydrogens is 282 g/mol. The molecule has 0 aliphatic rings. The van der Waals surface area contributed by atoms with E-state index < -0.39 is 0 Å². The summed E-state index contributed by atoms with van der Waals surface area (Å²) in [6.45, 7) is 7.85. The van der Waals surface area contributed by atoms with Gasteiger partial charge < -0.3 is 5.32 Å². The van der Waals surface area contributed by atoms with E-state index >= 15 is 0 Å². The summed E-state index contributed by atoms with van der Waals surface area (Å²) in [6, 6.07) is 0. The standard InChI is InChI=1S/C12H20BrN3O/c1-4-5-6-16-12(17)11(13)10(8-15-16)14-7-9(2)3/h8-9,14H,4-7H2,1-3H3. The summed E-state index contributed by atoms with van der Waals surface area (Å²) in [4.78, 5) is 12.0. The van der Waals surface area contributed by atoms with Crippen molar-refractivity contribution >= 4 is 21.6 Å². The van der Waals surface area contributed by atoms with Crippen LogP contribution in [0.3, 0.4) is 0 Å². The van der Waals surface area contributed by atoms with E-state index in [1.54, 1.807) is 6.20 Å². The van der Waals surface area contributed by atoms with Gasteiger partial charge in [-0.3, -0.25) is 4.79 Å². The molecule has 0 saturated heterocycles. The maximum atomic E-state index is 12.0. The summed E-state index contributed by atoms with van der Waals surface area (Å²) in [5, 5.41) is 7.38. The van der Waals surface area contributed by atoms with Gasteiger partial charge in [-0.15, -0.1) is 0 Å². The van der Waals surface area contributed by atoms with Crippen molar-refractivity contribution in [2.45, 2.75) is 40.2 Å². The summed E-state index contributed by atoms with van der Waals surface area (Å²) < 4.78 is 2.08. The molecule has 1 rings (SSSR count). The highest BCUT2D eigenvalue weighted by Crippen LogP contribution is 2.16. The van der Waals surface area contributed by atoms with Gasteiger partial charge in [-0.2, -0.15) is 5.10 Å². The average molecular weight is 302 g/mol. The van der Waals surface area contributed by atoms with Gasteiger partial charge in [0.05, 0.1) is 11.9 Å². The molecule has 17 heavy (non-hydrogen) atoms. The fourth-order valence-electron chi connectivity index (χ4n) is 1.37. The number of hydrogen-bond acceptors (Lipinski definition) is 3. The molecule has 1 N–H and O–H groups in total. The Morgan fingerprint density at radius 3 is 2.82 bits per heavy atom. The van der Waals surface area contributed by atoms with Gasteiger partial charge in [0.25, 0.3) is 5.56 Å². The number of aryl methyl sites for hydroxylation is 1. The quantitative estimate of drug-likeness (QED) is 0.879. The third-order valence-electron chi connectivity index (χ3n) is 2.41. The van der Waals surface area contributed by atoms with Crippen LogP contribution in [0.15, 0.2) is 15.5 Å². The first-order valence-corrected chi connectivity index (χ1v) is 6.85. The summed E-state index contributed by atoms with van der Waals surface area (Å²) in [6.07, 6.45) is 3.74. The molecule has 0 amide bonds. The minimum Gasteiger partial charge on any atom is -0.382 e. The second-order valence-corrected chi connectivity index (χ2v) is 5.32. The monoisotopic (exact) mass is 301 g/mol. The van der Waals surface area contributed by atoms with E-state index in [1.165, 1.54) is 4.68 Å². The number of rotatable bonds is 6. The van der Waals surface area contributed by atoms with Gasteiger partial charge in [0.2, 0.25) is 0 Å². The van der Waals surface area contributed by atoms with E-state index in [9.17, 15) is 4.79 Å². The van der Waals surface area contributed by atoms with E-state index in [0.717, 1.165) is 25.1 Å². The summed E-state index contributed by atoms with van der Waals surface area (Å²) >= 11 is 3.34. The third-order valence-corrected chi connectivity index (χ3v) is 3.18. The van der Waals surface area contributed by atoms with Crippen molar-refractivity contribution in [3.8, 4) is 0 Å². The smallest absolute Gasteiger partial charge is 0.283 e. The number of halogens is 1. The second kappa shape index (κ2) is 6.79. The molecule has 0 bridgehead atoms. The van der Waals surface area contributed by atoms with Crippen LogP contribution < -0.4 is 10.9 Å². The van der Waals surface area contributed by atoms with Gasteiger partial charge in [-0.05, 0) is 28.3 Å². The van der Waals surface area contributed by atoms with Crippen molar-refractivity contribution in [1.82, 2.24) is 9.78 Å². The normalized spacial score (nSPS) is 10.9. The van der Waals surface area contributed by atoms with Crippen LogP contribution in [0.4, 0.5) is 5.69 Å². The fourth-order valence-corrected chi connectivity index (χ4v) is 1.82. The Kier molecular flexibility index (Phi) is 5.68. The van der Waals surface area contributed by atoms with Crippen LogP contribution in [0.1, 0.15) is 33.6 Å².